The summed E-state index contributed by atoms with van der Waals surface area (Å²) >= 11 is 0. The Morgan fingerprint density at radius 3 is 2.27 bits per heavy atom. The number of carboxylic acid groups (broad SMARTS) is 1. The van der Waals surface area contributed by atoms with Crippen LogP contribution in [0.3, 0.4) is 0 Å². The molecule has 2 aliphatic rings. The van der Waals surface area contributed by atoms with Gasteiger partial charge in [-0.3, -0.25) is 9.80 Å². The molecule has 2 aromatic rings. The molecule has 9 heteroatoms. The molecule has 2 atom stereocenters. The minimum Gasteiger partial charge on any atom is -0.490 e. The monoisotopic (exact) mass is 461 g/mol. The maximum Gasteiger partial charge on any atom is 0.431 e. The summed E-state index contributed by atoms with van der Waals surface area (Å²) in [5, 5.41) is 14.1. The van der Waals surface area contributed by atoms with Gasteiger partial charge in [0.25, 0.3) is 0 Å². The topological polar surface area (TPSA) is 65.4 Å². The van der Waals surface area contributed by atoms with Crippen LogP contribution in [-0.4, -0.2) is 48.2 Å². The van der Waals surface area contributed by atoms with Crippen molar-refractivity contribution in [3.8, 4) is 5.75 Å². The second-order valence-electron chi connectivity index (χ2n) is 8.42. The zero-order valence-electron chi connectivity index (χ0n) is 18.2. The molecule has 1 N–H and O–H groups in total. The minimum atomic E-state index is -4.61. The average molecular weight is 461 g/mol. The van der Waals surface area contributed by atoms with Crippen molar-refractivity contribution in [1.29, 1.82) is 0 Å². The lowest BCUT2D eigenvalue weighted by molar-refractivity contribution is -0.137. The van der Waals surface area contributed by atoms with Gasteiger partial charge in [0.15, 0.2) is 0 Å². The van der Waals surface area contributed by atoms with E-state index in [2.05, 4.69) is 22.1 Å². The molecule has 1 fully saturated rings. The summed E-state index contributed by atoms with van der Waals surface area (Å²) in [7, 11) is 0. The van der Waals surface area contributed by atoms with Crippen LogP contribution in [0.5, 0.6) is 5.75 Å². The van der Waals surface area contributed by atoms with Crippen LogP contribution in [-0.2, 0) is 4.79 Å². The molecular weight excluding hydrogens is 435 g/mol. The van der Waals surface area contributed by atoms with Crippen LogP contribution in [0.25, 0.3) is 0 Å². The highest BCUT2D eigenvalue weighted by Crippen LogP contribution is 2.37. The highest BCUT2D eigenvalue weighted by atomic mass is 19.4. The minimum absolute atomic E-state index is 0.0530. The molecule has 0 saturated carbocycles. The number of ether oxygens (including phenoxy) is 1. The summed E-state index contributed by atoms with van der Waals surface area (Å²) < 4.78 is 46.1. The zero-order chi connectivity index (χ0) is 23.6. The number of alkyl halides is 3. The molecule has 0 aromatic heterocycles. The van der Waals surface area contributed by atoms with Crippen LogP contribution in [0.2, 0.25) is 0 Å². The van der Waals surface area contributed by atoms with Crippen molar-refractivity contribution in [3.63, 3.8) is 0 Å². The van der Waals surface area contributed by atoms with Crippen molar-refractivity contribution in [2.24, 2.45) is 11.0 Å². The summed E-state index contributed by atoms with van der Waals surface area (Å²) in [6.45, 7) is 3.12. The van der Waals surface area contributed by atoms with E-state index in [9.17, 15) is 23.1 Å². The number of hydrazone groups is 1. The molecule has 2 aromatic carbocycles. The molecule has 0 radical (unpaired) electrons. The van der Waals surface area contributed by atoms with Crippen LogP contribution in [0.1, 0.15) is 26.2 Å². The fraction of sp³-hybridized carbons (Fsp3) is 0.417. The number of piperidine rings is 1. The summed E-state index contributed by atoms with van der Waals surface area (Å²) in [5.41, 5.74) is 0.632. The quantitative estimate of drug-likeness (QED) is 0.659. The van der Waals surface area contributed by atoms with Gasteiger partial charge in [-0.15, -0.1) is 0 Å². The van der Waals surface area contributed by atoms with Gasteiger partial charge in [0.05, 0.1) is 18.2 Å². The maximum absolute atomic E-state index is 13.3. The fourth-order valence-electron chi connectivity index (χ4n) is 4.42. The van der Waals surface area contributed by atoms with Gasteiger partial charge in [0, 0.05) is 37.5 Å². The number of benzene rings is 2. The number of halogens is 3. The van der Waals surface area contributed by atoms with E-state index in [1.807, 2.05) is 18.2 Å². The number of carboxylic acids is 1. The summed E-state index contributed by atoms with van der Waals surface area (Å²) in [5.74, 6) is -1.59. The number of para-hydroxylation sites is 1. The third kappa shape index (κ3) is 5.23. The number of rotatable bonds is 6. The van der Waals surface area contributed by atoms with Crippen LogP contribution < -0.4 is 14.6 Å². The third-order valence-electron chi connectivity index (χ3n) is 6.18. The molecule has 4 rings (SSSR count). The first-order chi connectivity index (χ1) is 15.7. The van der Waals surface area contributed by atoms with Crippen molar-refractivity contribution in [3.05, 3.63) is 54.6 Å². The van der Waals surface area contributed by atoms with Gasteiger partial charge in [-0.2, -0.15) is 18.3 Å². The normalized spacial score (nSPS) is 21.8. The van der Waals surface area contributed by atoms with Gasteiger partial charge >= 0.3 is 12.1 Å². The van der Waals surface area contributed by atoms with Gasteiger partial charge in [-0.05, 0) is 36.4 Å². The van der Waals surface area contributed by atoms with Crippen molar-refractivity contribution in [2.75, 3.05) is 23.0 Å². The molecule has 0 spiro atoms. The highest BCUT2D eigenvalue weighted by molar-refractivity contribution is 5.95. The van der Waals surface area contributed by atoms with Crippen molar-refractivity contribution >= 4 is 23.1 Å². The molecule has 2 heterocycles. The molecule has 0 bridgehead atoms. The van der Waals surface area contributed by atoms with Crippen LogP contribution in [0, 0.1) is 5.92 Å². The first kappa shape index (κ1) is 22.9. The Labute approximate surface area is 190 Å². The van der Waals surface area contributed by atoms with Crippen LogP contribution in [0.15, 0.2) is 59.7 Å². The van der Waals surface area contributed by atoms with E-state index >= 15 is 0 Å². The number of hydrogen-bond donors (Lipinski definition) is 1. The second-order valence-corrected chi connectivity index (χ2v) is 8.42. The van der Waals surface area contributed by atoms with E-state index in [0.717, 1.165) is 25.9 Å². The lowest BCUT2D eigenvalue weighted by Crippen LogP contribution is -2.38. The predicted molar refractivity (Wildman–Crippen MR) is 120 cm³/mol. The SMILES string of the molecule is C[C@@H]1C(C(F)(F)F)=NN(c2ccc(OC3CCN(c4ccccc4)CC3)cc2)[C@H]1CC(=O)O. The molecule has 176 valence electrons. The molecular formula is C24H26F3N3O3. The van der Waals surface area contributed by atoms with Gasteiger partial charge in [-0.25, -0.2) is 0 Å². The molecule has 0 unspecified atom stereocenters. The standard InChI is InChI=1S/C24H26F3N3O3/c1-16-21(15-22(31)32)30(28-23(16)24(25,26)27)18-7-9-19(10-8-18)33-20-11-13-29(14-12-20)17-5-3-2-4-6-17/h2-10,16,20-21H,11-15H2,1H3,(H,31,32)/t16-,21-/m0/s1. The van der Waals surface area contributed by atoms with E-state index < -0.39 is 36.2 Å². The van der Waals surface area contributed by atoms with E-state index in [-0.39, 0.29) is 6.10 Å². The van der Waals surface area contributed by atoms with Crippen LogP contribution in [0.4, 0.5) is 24.5 Å². The van der Waals surface area contributed by atoms with Gasteiger partial charge in [0.2, 0.25) is 0 Å². The lowest BCUT2D eigenvalue weighted by Gasteiger charge is -2.33. The van der Waals surface area contributed by atoms with Crippen molar-refractivity contribution in [2.45, 2.75) is 44.5 Å². The number of hydrogen-bond acceptors (Lipinski definition) is 5. The summed E-state index contributed by atoms with van der Waals surface area (Å²) in [6, 6.07) is 15.9. The van der Waals surface area contributed by atoms with Gasteiger partial charge in [0.1, 0.15) is 17.6 Å². The number of carbonyl (C=O) groups is 1. The lowest BCUT2D eigenvalue weighted by atomic mass is 9.94. The van der Waals surface area contributed by atoms with Crippen LogP contribution >= 0.6 is 0 Å². The van der Waals surface area contributed by atoms with E-state index in [0.29, 0.717) is 11.4 Å². The third-order valence-corrected chi connectivity index (χ3v) is 6.18. The van der Waals surface area contributed by atoms with E-state index in [4.69, 9.17) is 4.74 Å². The van der Waals surface area contributed by atoms with Gasteiger partial charge in [-0.1, -0.05) is 25.1 Å². The highest BCUT2D eigenvalue weighted by Gasteiger charge is 2.48. The Morgan fingerprint density at radius 1 is 1.06 bits per heavy atom. The fourth-order valence-corrected chi connectivity index (χ4v) is 4.42. The summed E-state index contributed by atoms with van der Waals surface area (Å²) in [6.07, 6.45) is -3.27. The Bertz CT molecular complexity index is 988. The largest absolute Gasteiger partial charge is 0.490 e. The Morgan fingerprint density at radius 2 is 1.70 bits per heavy atom. The molecule has 0 aliphatic carbocycles. The molecule has 33 heavy (non-hydrogen) atoms. The Balaban J connectivity index is 1.41. The molecule has 1 saturated heterocycles. The smallest absolute Gasteiger partial charge is 0.431 e. The Hall–Kier alpha value is -3.23. The first-order valence-electron chi connectivity index (χ1n) is 11.0. The van der Waals surface area contributed by atoms with Crippen molar-refractivity contribution < 1.29 is 27.8 Å². The Kier molecular flexibility index (Phi) is 6.49. The van der Waals surface area contributed by atoms with Gasteiger partial charge < -0.3 is 14.7 Å². The zero-order valence-corrected chi connectivity index (χ0v) is 18.2. The first-order valence-corrected chi connectivity index (χ1v) is 11.0. The number of aliphatic carboxylic acids is 1. The van der Waals surface area contributed by atoms with Crippen molar-refractivity contribution in [1.82, 2.24) is 0 Å². The van der Waals surface area contributed by atoms with E-state index in [1.54, 1.807) is 24.3 Å². The molecule has 6 nitrogen and oxygen atoms in total. The average Bonchev–Trinajstić information content (AvgIpc) is 3.11. The molecule has 2 aliphatic heterocycles. The summed E-state index contributed by atoms with van der Waals surface area (Å²) in [4.78, 5) is 13.6. The molecule has 0 amide bonds. The maximum atomic E-state index is 13.3. The number of nitrogens with zero attached hydrogens (tertiary/aromatic N) is 3. The number of anilines is 2. The predicted octanol–water partition coefficient (Wildman–Crippen LogP) is 4.95. The second kappa shape index (κ2) is 9.33. The van der Waals surface area contributed by atoms with E-state index in [1.165, 1.54) is 17.6 Å².